The molecular formula is C84H128N8O12S. The van der Waals surface area contributed by atoms with Crippen LogP contribution in [0.1, 0.15) is 241 Å². The van der Waals surface area contributed by atoms with E-state index in [0.29, 0.717) is 138 Å². The second-order valence-electron chi connectivity index (χ2n) is 35.1. The van der Waals surface area contributed by atoms with Crippen molar-refractivity contribution in [2.75, 3.05) is 98.0 Å². The number of phenols is 2. The van der Waals surface area contributed by atoms with Crippen LogP contribution in [0.15, 0.2) is 34.6 Å². The van der Waals surface area contributed by atoms with Gasteiger partial charge in [0.25, 0.3) is 11.8 Å². The molecule has 16 aliphatic rings. The number of oxime groups is 2. The van der Waals surface area contributed by atoms with Crippen LogP contribution in [0.3, 0.4) is 0 Å². The number of hydrogen-bond donors (Lipinski definition) is 8. The van der Waals surface area contributed by atoms with Gasteiger partial charge in [-0.05, 0) is 283 Å². The standard InChI is InChI=1S/C46H67N5O7S.C36H53N3O5.2CH4/c1-45-11-10-32-33(7-6-31-21-38(52)36(22-34(31)32)46-23-28-18-29(24-46)20-30(19-28)25-46)35(45)8-9-40(45)51-58-26-42(54)48-13-15-57-17-16-56-14-12-47-41(53)5-3-2-4-39-43-37(27-59-39)49-44(55)50-43;1-35-7-6-27-28(30(35)4-5-33(35)39-44-22-34(41)38-9-11-43-13-12-42-10-8-37)3-2-26-17-32(40)31(18-29(26)27)36-19-23-14-24(20-36)16-25(15-23)21-36;;/h21-22,28-30,32-33,35,37,39,43,52H,2-20,23-27H2,1H3,(H,47,53)(H,48,54)(H2,49,50,55);17-18,23-25,27-28,30,40H,2-16,19-22,37H2,1H3,(H,38,41);2*1H4/b51-40+;39-33+;;/t28?,29?,30?,32?,33?,35?,37?,39?,43?,45-,46?;23?,24?,25?,27?,28?,30?,35-,36?;;/m00../s1. The molecule has 8 bridgehead atoms. The van der Waals surface area contributed by atoms with E-state index in [4.69, 9.17) is 34.4 Å². The van der Waals surface area contributed by atoms with Gasteiger partial charge in [0.1, 0.15) is 11.5 Å². The number of urea groups is 1. The number of nitrogens with zero attached hydrogens (tertiary/aromatic N) is 2. The van der Waals surface area contributed by atoms with E-state index in [2.05, 4.69) is 75.0 Å². The number of amides is 5. The number of rotatable bonds is 30. The van der Waals surface area contributed by atoms with Crippen molar-refractivity contribution < 1.29 is 58.0 Å². The van der Waals surface area contributed by atoms with E-state index in [0.717, 1.165) is 136 Å². The maximum Gasteiger partial charge on any atom is 0.315 e. The highest BCUT2D eigenvalue weighted by molar-refractivity contribution is 8.00. The molecule has 9 N–H and O–H groups in total. The lowest BCUT2D eigenvalue weighted by Crippen LogP contribution is -2.48. The highest BCUT2D eigenvalue weighted by Crippen LogP contribution is 2.67. The summed E-state index contributed by atoms with van der Waals surface area (Å²) >= 11 is 1.90. The molecule has 0 radical (unpaired) electrons. The number of nitrogens with two attached hydrogens (primary N) is 1. The molecule has 2 aromatic rings. The summed E-state index contributed by atoms with van der Waals surface area (Å²) in [6.07, 6.45) is 32.6. The van der Waals surface area contributed by atoms with Crippen molar-refractivity contribution in [3.63, 3.8) is 0 Å². The molecule has 5 amide bonds. The van der Waals surface area contributed by atoms with Crippen LogP contribution in [-0.2, 0) is 66.7 Å². The Morgan fingerprint density at radius 3 is 1.42 bits per heavy atom. The first kappa shape index (κ1) is 77.9. The Hall–Kier alpha value is -5.19. The summed E-state index contributed by atoms with van der Waals surface area (Å²) in [6.45, 7) is 9.96. The van der Waals surface area contributed by atoms with E-state index in [-0.39, 0.29) is 85.6 Å². The lowest BCUT2D eigenvalue weighted by atomic mass is 9.47. The van der Waals surface area contributed by atoms with E-state index in [9.17, 15) is 29.4 Å². The lowest BCUT2D eigenvalue weighted by Gasteiger charge is -2.57. The predicted molar refractivity (Wildman–Crippen MR) is 411 cm³/mol. The Bertz CT molecular complexity index is 3370. The highest BCUT2D eigenvalue weighted by atomic mass is 32.2. The summed E-state index contributed by atoms with van der Waals surface area (Å²) in [6, 6.07) is 9.77. The largest absolute Gasteiger partial charge is 0.508 e. The monoisotopic (exact) mass is 1470 g/mol. The molecule has 11 atom stereocenters. The number of thioether (sulfide) groups is 1. The van der Waals surface area contributed by atoms with Gasteiger partial charge in [0.15, 0.2) is 13.2 Å². The maximum absolute atomic E-state index is 12.5. The number of fused-ring (bicyclic) bond motifs is 11. The smallest absolute Gasteiger partial charge is 0.315 e. The quantitative estimate of drug-likeness (QED) is 0.0205. The number of carbonyl (C=O) groups is 4. The molecule has 582 valence electrons. The van der Waals surface area contributed by atoms with Crippen molar-refractivity contribution >= 4 is 46.9 Å². The van der Waals surface area contributed by atoms with Gasteiger partial charge in [-0.3, -0.25) is 14.4 Å². The Morgan fingerprint density at radius 2 is 0.981 bits per heavy atom. The third-order valence-corrected chi connectivity index (χ3v) is 30.4. The van der Waals surface area contributed by atoms with Crippen molar-refractivity contribution in [1.82, 2.24) is 26.6 Å². The first-order chi connectivity index (χ1) is 50.1. The number of carbonyl (C=O) groups excluding carboxylic acids is 4. The van der Waals surface area contributed by atoms with Gasteiger partial charge in [0.2, 0.25) is 5.91 Å². The molecule has 105 heavy (non-hydrogen) atoms. The fourth-order valence-electron chi connectivity index (χ4n) is 25.1. The number of hydrogen-bond acceptors (Lipinski definition) is 16. The fourth-order valence-corrected chi connectivity index (χ4v) is 26.7. The molecule has 2 saturated heterocycles. The summed E-state index contributed by atoms with van der Waals surface area (Å²) < 4.78 is 21.9. The number of unbranched alkanes of at least 4 members (excludes halogenated alkanes) is 1. The minimum absolute atomic E-state index is 0. The Morgan fingerprint density at radius 1 is 0.552 bits per heavy atom. The number of nitrogens with one attached hydrogen (secondary N) is 5. The minimum atomic E-state index is -0.207. The van der Waals surface area contributed by atoms with Crippen LogP contribution >= 0.6 is 11.8 Å². The average molecular weight is 1470 g/mol. The number of phenolic OH excluding ortho intramolecular Hbond substituents is 2. The Balaban J connectivity index is 0.000000190. The summed E-state index contributed by atoms with van der Waals surface area (Å²) in [4.78, 5) is 59.9. The van der Waals surface area contributed by atoms with Gasteiger partial charge in [-0.1, -0.05) is 57.6 Å². The maximum atomic E-state index is 12.5. The van der Waals surface area contributed by atoms with Gasteiger partial charge >= 0.3 is 6.03 Å². The average Bonchev–Trinajstić information content (AvgIpc) is 1.46. The van der Waals surface area contributed by atoms with Gasteiger partial charge in [-0.25, -0.2) is 4.79 Å². The van der Waals surface area contributed by atoms with Crippen molar-refractivity contribution in [2.24, 2.45) is 86.1 Å². The third kappa shape index (κ3) is 16.7. The number of aryl methyl sites for hydroxylation is 2. The fraction of sp³-hybridized carbons (Fsp3) is 0.786. The summed E-state index contributed by atoms with van der Waals surface area (Å²) in [5.74, 6) is 10.5. The van der Waals surface area contributed by atoms with Gasteiger partial charge in [-0.2, -0.15) is 11.8 Å². The van der Waals surface area contributed by atoms with E-state index in [1.54, 1.807) is 11.1 Å². The van der Waals surface area contributed by atoms with Gasteiger partial charge in [0, 0.05) is 65.6 Å². The van der Waals surface area contributed by atoms with Gasteiger partial charge < -0.3 is 71.2 Å². The third-order valence-electron chi connectivity index (χ3n) is 28.9. The molecule has 14 aliphatic carbocycles. The number of benzene rings is 2. The van der Waals surface area contributed by atoms with Crippen LogP contribution in [-0.4, -0.2) is 161 Å². The topological polar surface area (TPSA) is 275 Å². The highest BCUT2D eigenvalue weighted by Gasteiger charge is 2.59. The molecule has 2 aromatic carbocycles. The zero-order valence-corrected chi connectivity index (χ0v) is 62.5. The van der Waals surface area contributed by atoms with Crippen molar-refractivity contribution in [2.45, 2.75) is 248 Å². The molecule has 18 rings (SSSR count). The van der Waals surface area contributed by atoms with Crippen LogP contribution in [0.4, 0.5) is 4.79 Å². The molecule has 0 aromatic heterocycles. The molecular weight excluding hydrogens is 1350 g/mol. The van der Waals surface area contributed by atoms with Gasteiger partial charge in [-0.15, -0.1) is 0 Å². The normalized spacial score (nSPS) is 36.3. The second-order valence-corrected chi connectivity index (χ2v) is 36.4. The summed E-state index contributed by atoms with van der Waals surface area (Å²) in [5, 5.41) is 47.1. The molecule has 0 spiro atoms. The number of aromatic hydroxyl groups is 2. The summed E-state index contributed by atoms with van der Waals surface area (Å²) in [7, 11) is 0. The van der Waals surface area contributed by atoms with Crippen LogP contribution in [0.5, 0.6) is 11.5 Å². The molecule has 12 saturated carbocycles. The van der Waals surface area contributed by atoms with Crippen molar-refractivity contribution in [1.29, 1.82) is 0 Å². The Kier molecular flexibility index (Phi) is 25.2. The van der Waals surface area contributed by atoms with Crippen LogP contribution in [0, 0.1) is 70.0 Å². The van der Waals surface area contributed by atoms with Crippen LogP contribution < -0.4 is 32.3 Å². The van der Waals surface area contributed by atoms with Crippen LogP contribution in [0.25, 0.3) is 0 Å². The second kappa shape index (κ2) is 34.0. The number of ether oxygens (including phenoxy) is 4. The molecule has 20 nitrogen and oxygen atoms in total. The van der Waals surface area contributed by atoms with E-state index in [1.807, 2.05) is 11.8 Å². The lowest BCUT2D eigenvalue weighted by molar-refractivity contribution is -0.126. The first-order valence-electron chi connectivity index (χ1n) is 40.7. The molecule has 14 fully saturated rings. The predicted octanol–water partition coefficient (Wildman–Crippen LogP) is 12.5. The summed E-state index contributed by atoms with van der Waals surface area (Å²) in [5.41, 5.74) is 16.6. The Labute approximate surface area is 630 Å². The van der Waals surface area contributed by atoms with Crippen molar-refractivity contribution in [3.8, 4) is 11.5 Å². The minimum Gasteiger partial charge on any atom is -0.508 e. The molecule has 2 aliphatic heterocycles. The SMILES string of the molecule is C.C.C[C@]12CCC3c4cc(C56CC7CC(CC(C7)C5)C6)c(O)cc4CCC3C1CC/C2=N\OCC(=O)NCCOCCOCCN.C[C@]12CCC3c4cc(C56CC7CC(CC(C7)C5)C6)c(O)cc4CCC3C1CC/C2=N\OCC(=O)NCCOCCOCCNC(=O)CCCCC1SCC2NC(=O)NC21. The van der Waals surface area contributed by atoms with Gasteiger partial charge in [0.05, 0.1) is 76.4 Å². The van der Waals surface area contributed by atoms with E-state index in [1.165, 1.54) is 112 Å². The zero-order chi connectivity index (χ0) is 70.9. The molecule has 2 heterocycles. The molecule has 21 heteroatoms. The van der Waals surface area contributed by atoms with Crippen LogP contribution in [0.2, 0.25) is 0 Å². The zero-order valence-electron chi connectivity index (χ0n) is 61.7. The first-order valence-corrected chi connectivity index (χ1v) is 41.7. The van der Waals surface area contributed by atoms with E-state index >= 15 is 0 Å². The molecule has 9 unspecified atom stereocenters. The van der Waals surface area contributed by atoms with E-state index < -0.39 is 0 Å². The van der Waals surface area contributed by atoms with Crippen molar-refractivity contribution in [3.05, 3.63) is 57.6 Å².